The summed E-state index contributed by atoms with van der Waals surface area (Å²) in [6, 6.07) is 3.63. The number of rotatable bonds is 3. The summed E-state index contributed by atoms with van der Waals surface area (Å²) in [4.78, 5) is 4.40. The maximum atomic E-state index is 8.99. The first kappa shape index (κ1) is 10.8. The number of hydrogen-bond acceptors (Lipinski definition) is 4. The lowest BCUT2D eigenvalue weighted by Gasteiger charge is -2.06. The number of aliphatic hydroxyl groups is 1. The Bertz CT molecular complexity index is 519. The molecule has 0 amide bonds. The summed E-state index contributed by atoms with van der Waals surface area (Å²) in [5.41, 5.74) is 8.17. The van der Waals surface area contributed by atoms with Crippen LogP contribution in [-0.4, -0.2) is 28.4 Å². The van der Waals surface area contributed by atoms with Crippen LogP contribution in [-0.2, 0) is 6.54 Å². The maximum Gasteiger partial charge on any atom is 0.144 e. The molecule has 0 saturated heterocycles. The number of aromatic nitrogens is 2. The normalized spacial score (nSPS) is 10.9. The summed E-state index contributed by atoms with van der Waals surface area (Å²) in [6.45, 7) is 2.50. The lowest BCUT2D eigenvalue weighted by molar-refractivity contribution is 0.276. The van der Waals surface area contributed by atoms with Crippen molar-refractivity contribution in [1.82, 2.24) is 9.55 Å². The van der Waals surface area contributed by atoms with Gasteiger partial charge in [0.2, 0.25) is 0 Å². The van der Waals surface area contributed by atoms with Crippen LogP contribution in [0, 0.1) is 6.92 Å². The van der Waals surface area contributed by atoms with E-state index in [0.717, 1.165) is 16.9 Å². The third-order valence-electron chi connectivity index (χ3n) is 2.61. The fourth-order valence-electron chi connectivity index (χ4n) is 1.85. The number of aryl methyl sites for hydroxylation is 1. The molecule has 86 valence electrons. The monoisotopic (exact) mass is 221 g/mol. The zero-order valence-corrected chi connectivity index (χ0v) is 9.40. The Labute approximate surface area is 93.5 Å². The van der Waals surface area contributed by atoms with Crippen LogP contribution in [0.4, 0.5) is 5.69 Å². The van der Waals surface area contributed by atoms with E-state index < -0.39 is 0 Å². The topological polar surface area (TPSA) is 73.3 Å². The number of benzene rings is 1. The summed E-state index contributed by atoms with van der Waals surface area (Å²) in [6.07, 6.45) is 0. The van der Waals surface area contributed by atoms with Gasteiger partial charge in [-0.05, 0) is 13.0 Å². The smallest absolute Gasteiger partial charge is 0.144 e. The Kier molecular flexibility index (Phi) is 2.70. The highest BCUT2D eigenvalue weighted by Crippen LogP contribution is 2.28. The Morgan fingerprint density at radius 1 is 1.50 bits per heavy atom. The van der Waals surface area contributed by atoms with Crippen molar-refractivity contribution in [2.45, 2.75) is 13.5 Å². The Morgan fingerprint density at radius 2 is 2.25 bits per heavy atom. The van der Waals surface area contributed by atoms with Crippen molar-refractivity contribution in [2.24, 2.45) is 0 Å². The van der Waals surface area contributed by atoms with Crippen molar-refractivity contribution in [1.29, 1.82) is 0 Å². The fourth-order valence-corrected chi connectivity index (χ4v) is 1.85. The van der Waals surface area contributed by atoms with Gasteiger partial charge in [0.1, 0.15) is 11.6 Å². The second-order valence-electron chi connectivity index (χ2n) is 3.62. The van der Waals surface area contributed by atoms with Crippen molar-refractivity contribution in [2.75, 3.05) is 19.5 Å². The highest BCUT2D eigenvalue weighted by molar-refractivity contribution is 5.83. The molecule has 5 heteroatoms. The molecule has 16 heavy (non-hydrogen) atoms. The number of methoxy groups -OCH3 is 1. The maximum absolute atomic E-state index is 8.99. The van der Waals surface area contributed by atoms with Crippen LogP contribution in [0.1, 0.15) is 5.82 Å². The van der Waals surface area contributed by atoms with Gasteiger partial charge in [0.05, 0.1) is 30.4 Å². The Balaban J connectivity index is 2.66. The first-order valence-electron chi connectivity index (χ1n) is 5.08. The number of nitrogens with two attached hydrogens (primary N) is 1. The van der Waals surface area contributed by atoms with Gasteiger partial charge in [-0.3, -0.25) is 0 Å². The van der Waals surface area contributed by atoms with Crippen LogP contribution in [0.2, 0.25) is 0 Å². The number of anilines is 1. The van der Waals surface area contributed by atoms with Crippen LogP contribution >= 0.6 is 0 Å². The van der Waals surface area contributed by atoms with Gasteiger partial charge in [-0.25, -0.2) is 4.98 Å². The molecule has 0 bridgehead atoms. The molecule has 0 saturated carbocycles. The van der Waals surface area contributed by atoms with Crippen molar-refractivity contribution in [3.63, 3.8) is 0 Å². The predicted octanol–water partition coefficient (Wildman–Crippen LogP) is 0.928. The minimum Gasteiger partial charge on any atom is -0.495 e. The molecular weight excluding hydrogens is 206 g/mol. The minimum absolute atomic E-state index is 0.0816. The number of hydrogen-bond donors (Lipinski definition) is 2. The molecule has 0 aliphatic heterocycles. The molecule has 0 fully saturated rings. The van der Waals surface area contributed by atoms with Crippen LogP contribution in [0.5, 0.6) is 5.75 Å². The van der Waals surface area contributed by atoms with Gasteiger partial charge in [-0.1, -0.05) is 0 Å². The van der Waals surface area contributed by atoms with Crippen molar-refractivity contribution in [3.05, 3.63) is 18.0 Å². The van der Waals surface area contributed by atoms with E-state index in [1.807, 2.05) is 23.6 Å². The van der Waals surface area contributed by atoms with Crippen molar-refractivity contribution < 1.29 is 9.84 Å². The quantitative estimate of drug-likeness (QED) is 0.756. The lowest BCUT2D eigenvalue weighted by Crippen LogP contribution is -2.04. The van der Waals surface area contributed by atoms with Gasteiger partial charge in [0.25, 0.3) is 0 Å². The standard InChI is InChI=1S/C11H15N3O2/c1-7-13-9-6-11(16-2)8(12)5-10(9)14(7)3-4-15/h5-6,15H,3-4,12H2,1-2H3. The van der Waals surface area contributed by atoms with Gasteiger partial charge < -0.3 is 20.1 Å². The van der Waals surface area contributed by atoms with E-state index in [9.17, 15) is 0 Å². The molecule has 0 spiro atoms. The van der Waals surface area contributed by atoms with Crippen molar-refractivity contribution in [3.8, 4) is 5.75 Å². The van der Waals surface area contributed by atoms with Crippen LogP contribution in [0.3, 0.4) is 0 Å². The second kappa shape index (κ2) is 4.02. The van der Waals surface area contributed by atoms with Crippen LogP contribution in [0.25, 0.3) is 11.0 Å². The molecule has 0 unspecified atom stereocenters. The molecule has 3 N–H and O–H groups in total. The van der Waals surface area contributed by atoms with Gasteiger partial charge >= 0.3 is 0 Å². The first-order valence-corrected chi connectivity index (χ1v) is 5.08. The molecule has 0 aliphatic carbocycles. The summed E-state index contributed by atoms with van der Waals surface area (Å²) in [7, 11) is 1.58. The average Bonchev–Trinajstić information content (AvgIpc) is 2.55. The van der Waals surface area contributed by atoms with Gasteiger partial charge in [-0.15, -0.1) is 0 Å². The molecule has 0 radical (unpaired) electrons. The van der Waals surface area contributed by atoms with Crippen LogP contribution < -0.4 is 10.5 Å². The molecule has 1 aromatic carbocycles. The zero-order chi connectivity index (χ0) is 11.7. The van der Waals surface area contributed by atoms with E-state index in [1.165, 1.54) is 0 Å². The molecule has 2 rings (SSSR count). The van der Waals surface area contributed by atoms with Gasteiger partial charge in [0, 0.05) is 12.6 Å². The Morgan fingerprint density at radius 3 is 2.88 bits per heavy atom. The van der Waals surface area contributed by atoms with E-state index >= 15 is 0 Å². The second-order valence-corrected chi connectivity index (χ2v) is 3.62. The highest BCUT2D eigenvalue weighted by atomic mass is 16.5. The molecule has 2 aromatic rings. The Hall–Kier alpha value is -1.75. The van der Waals surface area contributed by atoms with E-state index in [2.05, 4.69) is 4.98 Å². The SMILES string of the molecule is COc1cc2nc(C)n(CCO)c2cc1N. The van der Waals surface area contributed by atoms with Gasteiger partial charge in [0.15, 0.2) is 0 Å². The van der Waals surface area contributed by atoms with Gasteiger partial charge in [-0.2, -0.15) is 0 Å². The molecule has 5 nitrogen and oxygen atoms in total. The summed E-state index contributed by atoms with van der Waals surface area (Å²) in [5.74, 6) is 1.48. The van der Waals surface area contributed by atoms with E-state index in [4.69, 9.17) is 15.6 Å². The highest BCUT2D eigenvalue weighted by Gasteiger charge is 2.10. The molecule has 0 aliphatic rings. The molecule has 1 aromatic heterocycles. The third kappa shape index (κ3) is 1.59. The minimum atomic E-state index is 0.0816. The molecular formula is C11H15N3O2. The third-order valence-corrected chi connectivity index (χ3v) is 2.61. The van der Waals surface area contributed by atoms with E-state index in [-0.39, 0.29) is 6.61 Å². The van der Waals surface area contributed by atoms with Crippen LogP contribution in [0.15, 0.2) is 12.1 Å². The first-order chi connectivity index (χ1) is 7.67. The number of ether oxygens (including phenoxy) is 1. The zero-order valence-electron chi connectivity index (χ0n) is 9.40. The largest absolute Gasteiger partial charge is 0.495 e. The lowest BCUT2D eigenvalue weighted by atomic mass is 10.2. The van der Waals surface area contributed by atoms with E-state index in [1.54, 1.807) is 7.11 Å². The summed E-state index contributed by atoms with van der Waals surface area (Å²) >= 11 is 0. The number of aliphatic hydroxyl groups excluding tert-OH is 1. The fraction of sp³-hybridized carbons (Fsp3) is 0.364. The molecule has 0 atom stereocenters. The summed E-state index contributed by atoms with van der Waals surface area (Å²) < 4.78 is 7.07. The summed E-state index contributed by atoms with van der Waals surface area (Å²) in [5, 5.41) is 8.99. The van der Waals surface area contributed by atoms with E-state index in [0.29, 0.717) is 18.0 Å². The average molecular weight is 221 g/mol. The number of imidazole rings is 1. The number of nitrogen functional groups attached to an aromatic ring is 1. The molecule has 1 heterocycles. The number of fused-ring (bicyclic) bond motifs is 1. The predicted molar refractivity (Wildman–Crippen MR) is 62.5 cm³/mol. The van der Waals surface area contributed by atoms with Crippen molar-refractivity contribution >= 4 is 16.7 Å². The number of nitrogens with zero attached hydrogens (tertiary/aromatic N) is 2.